The molecule has 4 atom stereocenters. The van der Waals surface area contributed by atoms with Crippen LogP contribution in [-0.4, -0.2) is 37.2 Å². The summed E-state index contributed by atoms with van der Waals surface area (Å²) in [5.74, 6) is -0.441. The highest BCUT2D eigenvalue weighted by Gasteiger charge is 2.44. The van der Waals surface area contributed by atoms with Gasteiger partial charge < -0.3 is 23.7 Å². The molecule has 0 aromatic heterocycles. The Balaban J connectivity index is 1.53. The first-order valence-electron chi connectivity index (χ1n) is 11.4. The maximum absolute atomic E-state index is 11.8. The summed E-state index contributed by atoms with van der Waals surface area (Å²) in [6.07, 6.45) is -2.47. The zero-order valence-corrected chi connectivity index (χ0v) is 19.2. The first-order valence-corrected chi connectivity index (χ1v) is 11.4. The molecular formula is C28H30O6. The molecular weight excluding hydrogens is 432 g/mol. The molecule has 0 N–H and O–H groups in total. The summed E-state index contributed by atoms with van der Waals surface area (Å²) in [5, 5.41) is 0. The molecule has 0 aliphatic carbocycles. The summed E-state index contributed by atoms with van der Waals surface area (Å²) in [7, 11) is 0. The summed E-state index contributed by atoms with van der Waals surface area (Å²) in [6, 6.07) is 29.7. The Bertz CT molecular complexity index is 995. The zero-order valence-electron chi connectivity index (χ0n) is 19.2. The fraction of sp³-hybridized carbons (Fsp3) is 0.321. The molecule has 34 heavy (non-hydrogen) atoms. The minimum Gasteiger partial charge on any atom is -0.433 e. The third kappa shape index (κ3) is 6.98. The van der Waals surface area contributed by atoms with Gasteiger partial charge in [-0.1, -0.05) is 91.0 Å². The maximum Gasteiger partial charge on any atom is 0.305 e. The van der Waals surface area contributed by atoms with Gasteiger partial charge in [0.05, 0.1) is 26.4 Å². The van der Waals surface area contributed by atoms with E-state index in [0.29, 0.717) is 19.8 Å². The summed E-state index contributed by atoms with van der Waals surface area (Å²) >= 11 is 0. The van der Waals surface area contributed by atoms with Crippen LogP contribution < -0.4 is 0 Å². The van der Waals surface area contributed by atoms with E-state index in [4.69, 9.17) is 23.7 Å². The van der Waals surface area contributed by atoms with Gasteiger partial charge in [-0.05, 0) is 16.7 Å². The molecule has 1 aliphatic heterocycles. The quantitative estimate of drug-likeness (QED) is 0.409. The van der Waals surface area contributed by atoms with E-state index < -0.39 is 30.6 Å². The Morgan fingerprint density at radius 1 is 0.706 bits per heavy atom. The second-order valence-corrected chi connectivity index (χ2v) is 8.17. The molecule has 1 saturated heterocycles. The van der Waals surface area contributed by atoms with Crippen LogP contribution in [-0.2, 0) is 48.3 Å². The molecule has 1 fully saturated rings. The van der Waals surface area contributed by atoms with E-state index in [1.165, 1.54) is 6.92 Å². The van der Waals surface area contributed by atoms with Gasteiger partial charge in [-0.3, -0.25) is 4.79 Å². The summed E-state index contributed by atoms with van der Waals surface area (Å²) in [6.45, 7) is 2.67. The number of esters is 1. The molecule has 6 nitrogen and oxygen atoms in total. The lowest BCUT2D eigenvalue weighted by Crippen LogP contribution is -2.57. The highest BCUT2D eigenvalue weighted by molar-refractivity contribution is 5.66. The van der Waals surface area contributed by atoms with Crippen LogP contribution in [0.1, 0.15) is 23.6 Å². The molecule has 6 heteroatoms. The molecule has 0 spiro atoms. The standard InChI is InChI=1S/C28H30O6/c1-21(29)34-28-27(32-19-24-15-9-4-10-16-24)26(31-18-23-13-7-3-8-14-23)25(20-33-28)30-17-22-11-5-2-6-12-22/h2-16,25-28H,17-20H2,1H3/t25-,26+,27-,28?/m1/s1. The molecule has 3 aromatic rings. The van der Waals surface area contributed by atoms with Crippen molar-refractivity contribution in [3.05, 3.63) is 108 Å². The van der Waals surface area contributed by atoms with Gasteiger partial charge >= 0.3 is 5.97 Å². The van der Waals surface area contributed by atoms with Gasteiger partial charge in [0, 0.05) is 6.92 Å². The lowest BCUT2D eigenvalue weighted by molar-refractivity contribution is -0.291. The summed E-state index contributed by atoms with van der Waals surface area (Å²) in [4.78, 5) is 11.8. The molecule has 178 valence electrons. The van der Waals surface area contributed by atoms with E-state index in [1.807, 2.05) is 91.0 Å². The number of carbonyl (C=O) groups is 1. The van der Waals surface area contributed by atoms with Crippen LogP contribution >= 0.6 is 0 Å². The molecule has 0 saturated carbocycles. The minimum atomic E-state index is -0.890. The zero-order chi connectivity index (χ0) is 23.6. The Kier molecular flexibility index (Phi) is 8.82. The van der Waals surface area contributed by atoms with Crippen molar-refractivity contribution in [3.8, 4) is 0 Å². The smallest absolute Gasteiger partial charge is 0.305 e. The van der Waals surface area contributed by atoms with Crippen molar-refractivity contribution in [3.63, 3.8) is 0 Å². The summed E-state index contributed by atoms with van der Waals surface area (Å²) < 4.78 is 30.2. The van der Waals surface area contributed by atoms with E-state index in [1.54, 1.807) is 0 Å². The molecule has 1 unspecified atom stereocenters. The van der Waals surface area contributed by atoms with Gasteiger partial charge in [0.25, 0.3) is 0 Å². The van der Waals surface area contributed by atoms with Crippen LogP contribution in [0.3, 0.4) is 0 Å². The van der Waals surface area contributed by atoms with Gasteiger partial charge in [-0.2, -0.15) is 0 Å². The van der Waals surface area contributed by atoms with Crippen molar-refractivity contribution < 1.29 is 28.5 Å². The number of ether oxygens (including phenoxy) is 5. The van der Waals surface area contributed by atoms with Crippen LogP contribution in [0.25, 0.3) is 0 Å². The molecule has 0 radical (unpaired) electrons. The van der Waals surface area contributed by atoms with Crippen molar-refractivity contribution in [1.82, 2.24) is 0 Å². The van der Waals surface area contributed by atoms with E-state index >= 15 is 0 Å². The molecule has 3 aromatic carbocycles. The van der Waals surface area contributed by atoms with E-state index in [-0.39, 0.29) is 6.61 Å². The monoisotopic (exact) mass is 462 g/mol. The Hall–Kier alpha value is -3.03. The number of hydrogen-bond acceptors (Lipinski definition) is 6. The Morgan fingerprint density at radius 2 is 1.15 bits per heavy atom. The van der Waals surface area contributed by atoms with Gasteiger partial charge in [0.1, 0.15) is 18.3 Å². The SMILES string of the molecule is CC(=O)OC1OC[C@@H](OCc2ccccc2)[C@H](OCc2ccccc2)[C@H]1OCc1ccccc1. The first-order chi connectivity index (χ1) is 16.7. The third-order valence-electron chi connectivity index (χ3n) is 5.54. The van der Waals surface area contributed by atoms with E-state index in [9.17, 15) is 4.79 Å². The lowest BCUT2D eigenvalue weighted by Gasteiger charge is -2.41. The lowest BCUT2D eigenvalue weighted by atomic mass is 10.0. The molecule has 0 amide bonds. The van der Waals surface area contributed by atoms with Crippen molar-refractivity contribution >= 4 is 5.97 Å². The number of benzene rings is 3. The number of rotatable bonds is 10. The van der Waals surface area contributed by atoms with Gasteiger partial charge in [0.15, 0.2) is 0 Å². The van der Waals surface area contributed by atoms with Crippen molar-refractivity contribution in [1.29, 1.82) is 0 Å². The van der Waals surface area contributed by atoms with Crippen molar-refractivity contribution in [2.75, 3.05) is 6.61 Å². The van der Waals surface area contributed by atoms with Crippen LogP contribution in [0.4, 0.5) is 0 Å². The normalized spacial score (nSPS) is 22.3. The summed E-state index contributed by atoms with van der Waals surface area (Å²) in [5.41, 5.74) is 3.08. The second-order valence-electron chi connectivity index (χ2n) is 8.17. The predicted octanol–water partition coefficient (Wildman–Crippen LogP) is 4.66. The average Bonchev–Trinajstić information content (AvgIpc) is 2.87. The van der Waals surface area contributed by atoms with Crippen molar-refractivity contribution in [2.24, 2.45) is 0 Å². The minimum absolute atomic E-state index is 0.218. The Morgan fingerprint density at radius 3 is 1.62 bits per heavy atom. The molecule has 4 rings (SSSR count). The van der Waals surface area contributed by atoms with Crippen LogP contribution in [0, 0.1) is 0 Å². The van der Waals surface area contributed by atoms with Crippen LogP contribution in [0.2, 0.25) is 0 Å². The molecule has 0 bridgehead atoms. The number of hydrogen-bond donors (Lipinski definition) is 0. The molecule has 1 aliphatic rings. The highest BCUT2D eigenvalue weighted by Crippen LogP contribution is 2.27. The van der Waals surface area contributed by atoms with Crippen LogP contribution in [0.5, 0.6) is 0 Å². The van der Waals surface area contributed by atoms with E-state index in [0.717, 1.165) is 16.7 Å². The fourth-order valence-corrected chi connectivity index (χ4v) is 3.84. The van der Waals surface area contributed by atoms with Gasteiger partial charge in [-0.25, -0.2) is 0 Å². The Labute approximate surface area is 200 Å². The van der Waals surface area contributed by atoms with Gasteiger partial charge in [0.2, 0.25) is 6.29 Å². The fourth-order valence-electron chi connectivity index (χ4n) is 3.84. The number of carbonyl (C=O) groups excluding carboxylic acids is 1. The van der Waals surface area contributed by atoms with Crippen molar-refractivity contribution in [2.45, 2.75) is 51.3 Å². The average molecular weight is 463 g/mol. The predicted molar refractivity (Wildman–Crippen MR) is 127 cm³/mol. The van der Waals surface area contributed by atoms with E-state index in [2.05, 4.69) is 0 Å². The second kappa shape index (κ2) is 12.4. The topological polar surface area (TPSA) is 63.2 Å². The molecule has 1 heterocycles. The maximum atomic E-state index is 11.8. The third-order valence-corrected chi connectivity index (χ3v) is 5.54. The highest BCUT2D eigenvalue weighted by atomic mass is 16.7. The van der Waals surface area contributed by atoms with Crippen LogP contribution in [0.15, 0.2) is 91.0 Å². The first kappa shape index (κ1) is 24.1. The van der Waals surface area contributed by atoms with Gasteiger partial charge in [-0.15, -0.1) is 0 Å². The largest absolute Gasteiger partial charge is 0.433 e.